The normalized spacial score (nSPS) is 14.6. The Morgan fingerprint density at radius 1 is 1.19 bits per heavy atom. The van der Waals surface area contributed by atoms with Crippen LogP contribution in [0.2, 0.25) is 0 Å². The Kier molecular flexibility index (Phi) is 3.30. The van der Waals surface area contributed by atoms with Gasteiger partial charge in [-0.25, -0.2) is 9.78 Å². The topological polar surface area (TPSA) is 99.4 Å². The molecule has 7 heteroatoms. The molecular formula is C20H15N3O4. The summed E-state index contributed by atoms with van der Waals surface area (Å²) in [6.07, 6.45) is 0. The van der Waals surface area contributed by atoms with E-state index in [0.29, 0.717) is 30.1 Å². The van der Waals surface area contributed by atoms with Crippen LogP contribution in [0.1, 0.15) is 0 Å². The van der Waals surface area contributed by atoms with Gasteiger partial charge in [-0.1, -0.05) is 12.1 Å². The summed E-state index contributed by atoms with van der Waals surface area (Å²) in [5.74, 6) is -0.653. The minimum Gasteiger partial charge on any atom is -0.481 e. The summed E-state index contributed by atoms with van der Waals surface area (Å²) in [6.45, 7) is 0.921. The first-order chi connectivity index (χ1) is 13.1. The molecule has 2 aromatic carbocycles. The number of nitrogens with one attached hydrogen (secondary N) is 1. The van der Waals surface area contributed by atoms with Crippen LogP contribution in [0.3, 0.4) is 0 Å². The molecule has 3 heterocycles. The van der Waals surface area contributed by atoms with Gasteiger partial charge in [0, 0.05) is 30.2 Å². The first kappa shape index (κ1) is 15.6. The van der Waals surface area contributed by atoms with Gasteiger partial charge >= 0.3 is 11.6 Å². The van der Waals surface area contributed by atoms with E-state index in [1.165, 1.54) is 0 Å². The number of imidazole rings is 1. The number of benzene rings is 2. The van der Waals surface area contributed by atoms with Crippen LogP contribution in [-0.2, 0) is 4.79 Å². The van der Waals surface area contributed by atoms with Gasteiger partial charge in [0.15, 0.2) is 0 Å². The molecule has 2 aromatic heterocycles. The van der Waals surface area contributed by atoms with Crippen molar-refractivity contribution >= 4 is 33.7 Å². The first-order valence-electron chi connectivity index (χ1n) is 8.59. The molecular weight excluding hydrogens is 346 g/mol. The smallest absolute Gasteiger partial charge is 0.347 e. The summed E-state index contributed by atoms with van der Waals surface area (Å²) < 4.78 is 5.52. The molecule has 2 N–H and O–H groups in total. The Morgan fingerprint density at radius 3 is 2.78 bits per heavy atom. The number of nitrogens with zero attached hydrogens (tertiary/aromatic N) is 2. The number of fused-ring (bicyclic) bond motifs is 2. The zero-order valence-electron chi connectivity index (χ0n) is 14.2. The van der Waals surface area contributed by atoms with E-state index in [9.17, 15) is 9.59 Å². The van der Waals surface area contributed by atoms with E-state index in [-0.39, 0.29) is 5.92 Å². The molecule has 0 bridgehead atoms. The van der Waals surface area contributed by atoms with Gasteiger partial charge in [-0.2, -0.15) is 0 Å². The molecule has 0 atom stereocenters. The molecule has 0 unspecified atom stereocenters. The third kappa shape index (κ3) is 2.55. The van der Waals surface area contributed by atoms with Crippen molar-refractivity contribution in [3.05, 3.63) is 59.0 Å². The number of rotatable bonds is 3. The number of carboxylic acid groups (broad SMARTS) is 1. The van der Waals surface area contributed by atoms with Gasteiger partial charge in [-0.3, -0.25) is 4.79 Å². The highest BCUT2D eigenvalue weighted by atomic mass is 16.4. The molecule has 1 saturated heterocycles. The molecule has 5 rings (SSSR count). The Hall–Kier alpha value is -3.61. The zero-order valence-corrected chi connectivity index (χ0v) is 14.2. The van der Waals surface area contributed by atoms with Crippen LogP contribution in [0.25, 0.3) is 33.4 Å². The van der Waals surface area contributed by atoms with Crippen LogP contribution in [0.5, 0.6) is 0 Å². The van der Waals surface area contributed by atoms with E-state index in [4.69, 9.17) is 9.52 Å². The molecule has 27 heavy (non-hydrogen) atoms. The molecule has 134 valence electrons. The van der Waals surface area contributed by atoms with Crippen LogP contribution in [0, 0.1) is 5.92 Å². The van der Waals surface area contributed by atoms with E-state index in [1.54, 1.807) is 12.1 Å². The van der Waals surface area contributed by atoms with E-state index >= 15 is 0 Å². The van der Waals surface area contributed by atoms with E-state index in [1.807, 2.05) is 41.3 Å². The molecule has 0 amide bonds. The summed E-state index contributed by atoms with van der Waals surface area (Å²) in [6, 6.07) is 14.9. The van der Waals surface area contributed by atoms with Crippen LogP contribution in [0.15, 0.2) is 57.7 Å². The molecule has 1 fully saturated rings. The lowest BCUT2D eigenvalue weighted by Gasteiger charge is -2.38. The molecule has 1 aliphatic rings. The minimum atomic E-state index is -0.783. The van der Waals surface area contributed by atoms with Gasteiger partial charge in [0.25, 0.3) is 0 Å². The Bertz CT molecular complexity index is 1220. The average Bonchev–Trinajstić information content (AvgIpc) is 3.03. The number of hydrogen-bond acceptors (Lipinski definition) is 5. The third-order valence-electron chi connectivity index (χ3n) is 4.96. The Labute approximate surface area is 152 Å². The molecule has 0 radical (unpaired) electrons. The van der Waals surface area contributed by atoms with Gasteiger partial charge in [-0.05, 0) is 30.3 Å². The average molecular weight is 361 g/mol. The lowest BCUT2D eigenvalue weighted by atomic mass is 9.99. The summed E-state index contributed by atoms with van der Waals surface area (Å²) in [5.41, 5.74) is 2.86. The van der Waals surface area contributed by atoms with E-state index < -0.39 is 11.6 Å². The zero-order chi connectivity index (χ0) is 18.5. The van der Waals surface area contributed by atoms with Crippen LogP contribution in [0.4, 0.5) is 5.69 Å². The second-order valence-corrected chi connectivity index (χ2v) is 6.71. The van der Waals surface area contributed by atoms with Crippen LogP contribution >= 0.6 is 0 Å². The Balaban J connectivity index is 1.53. The highest BCUT2D eigenvalue weighted by Gasteiger charge is 2.32. The fourth-order valence-electron chi connectivity index (χ4n) is 3.39. The van der Waals surface area contributed by atoms with Crippen molar-refractivity contribution in [1.82, 2.24) is 9.97 Å². The van der Waals surface area contributed by atoms with Gasteiger partial charge in [0.1, 0.15) is 17.0 Å². The van der Waals surface area contributed by atoms with Crippen molar-refractivity contribution in [1.29, 1.82) is 0 Å². The predicted octanol–water partition coefficient (Wildman–Crippen LogP) is 2.86. The lowest BCUT2D eigenvalue weighted by molar-refractivity contribution is -0.142. The molecule has 0 aliphatic carbocycles. The minimum absolute atomic E-state index is 0.344. The largest absolute Gasteiger partial charge is 0.481 e. The first-order valence-corrected chi connectivity index (χ1v) is 8.59. The highest BCUT2D eigenvalue weighted by Crippen LogP contribution is 2.29. The van der Waals surface area contributed by atoms with Crippen molar-refractivity contribution in [2.24, 2.45) is 5.92 Å². The second-order valence-electron chi connectivity index (χ2n) is 6.71. The fourth-order valence-corrected chi connectivity index (χ4v) is 3.39. The molecule has 1 aliphatic heterocycles. The number of anilines is 1. The van der Waals surface area contributed by atoms with Crippen LogP contribution < -0.4 is 10.5 Å². The van der Waals surface area contributed by atoms with Gasteiger partial charge in [-0.15, -0.1) is 0 Å². The van der Waals surface area contributed by atoms with Crippen molar-refractivity contribution in [2.75, 3.05) is 18.0 Å². The highest BCUT2D eigenvalue weighted by molar-refractivity contribution is 5.86. The standard InChI is InChI=1S/C20H15N3O4/c24-19(25)12-9-23(10-12)13-6-5-11-7-14(20(26)27-17(11)8-13)18-21-15-3-1-2-4-16(15)22-18/h1-8,12H,9-10H2,(H,21,22)(H,24,25). The number of aromatic amines is 1. The van der Waals surface area contributed by atoms with E-state index in [2.05, 4.69) is 9.97 Å². The van der Waals surface area contributed by atoms with Gasteiger partial charge in [0.2, 0.25) is 0 Å². The summed E-state index contributed by atoms with van der Waals surface area (Å²) >= 11 is 0. The van der Waals surface area contributed by atoms with Gasteiger partial charge in [0.05, 0.1) is 17.0 Å². The molecule has 0 saturated carbocycles. The van der Waals surface area contributed by atoms with Crippen molar-refractivity contribution in [2.45, 2.75) is 0 Å². The molecule has 7 nitrogen and oxygen atoms in total. The maximum Gasteiger partial charge on any atom is 0.347 e. The summed E-state index contributed by atoms with van der Waals surface area (Å²) in [5, 5.41) is 9.78. The number of aromatic nitrogens is 2. The van der Waals surface area contributed by atoms with Gasteiger partial charge < -0.3 is 19.4 Å². The summed E-state index contributed by atoms with van der Waals surface area (Å²) in [7, 11) is 0. The number of hydrogen-bond donors (Lipinski definition) is 2. The maximum absolute atomic E-state index is 12.5. The molecule has 4 aromatic rings. The maximum atomic E-state index is 12.5. The fraction of sp³-hybridized carbons (Fsp3) is 0.150. The quantitative estimate of drug-likeness (QED) is 0.544. The predicted molar refractivity (Wildman–Crippen MR) is 101 cm³/mol. The second kappa shape index (κ2) is 5.70. The van der Waals surface area contributed by atoms with Crippen molar-refractivity contribution in [3.8, 4) is 11.4 Å². The third-order valence-corrected chi connectivity index (χ3v) is 4.96. The van der Waals surface area contributed by atoms with Crippen LogP contribution in [-0.4, -0.2) is 34.1 Å². The number of carbonyl (C=O) groups is 1. The van der Waals surface area contributed by atoms with E-state index in [0.717, 1.165) is 22.1 Å². The Morgan fingerprint density at radius 2 is 2.00 bits per heavy atom. The monoisotopic (exact) mass is 361 g/mol. The molecule has 0 spiro atoms. The number of para-hydroxylation sites is 2. The van der Waals surface area contributed by atoms with Crippen molar-refractivity contribution in [3.63, 3.8) is 0 Å². The number of H-pyrrole nitrogens is 1. The lowest BCUT2D eigenvalue weighted by Crippen LogP contribution is -2.50. The number of aliphatic carboxylic acids is 1. The number of carboxylic acids is 1. The SMILES string of the molecule is O=C(O)C1CN(c2ccc3cc(-c4nc5ccccc5[nH]4)c(=O)oc3c2)C1. The van der Waals surface area contributed by atoms with Crippen molar-refractivity contribution < 1.29 is 14.3 Å². The summed E-state index contributed by atoms with van der Waals surface area (Å²) in [4.78, 5) is 33.0.